The van der Waals surface area contributed by atoms with Crippen molar-refractivity contribution in [3.05, 3.63) is 76.8 Å². The van der Waals surface area contributed by atoms with Gasteiger partial charge in [0.1, 0.15) is 5.69 Å². The quantitative estimate of drug-likeness (QED) is 0.765. The van der Waals surface area contributed by atoms with Crippen molar-refractivity contribution in [2.24, 2.45) is 0 Å². The first-order chi connectivity index (χ1) is 10.6. The van der Waals surface area contributed by atoms with Crippen LogP contribution in [0.5, 0.6) is 0 Å². The Balaban J connectivity index is 1.87. The Hall–Kier alpha value is -2.40. The van der Waals surface area contributed by atoms with Gasteiger partial charge in [0.15, 0.2) is 0 Å². The second kappa shape index (κ2) is 6.15. The fourth-order valence-electron chi connectivity index (χ4n) is 2.17. The summed E-state index contributed by atoms with van der Waals surface area (Å²) in [6, 6.07) is 15.3. The lowest BCUT2D eigenvalue weighted by Gasteiger charge is -2.09. The van der Waals surface area contributed by atoms with Gasteiger partial charge in [-0.3, -0.25) is 9.36 Å². The van der Waals surface area contributed by atoms with E-state index in [9.17, 15) is 4.79 Å². The van der Waals surface area contributed by atoms with E-state index in [2.05, 4.69) is 26.2 Å². The van der Waals surface area contributed by atoms with Crippen molar-refractivity contribution >= 4 is 27.5 Å². The highest BCUT2D eigenvalue weighted by molar-refractivity contribution is 9.10. The van der Waals surface area contributed by atoms with Crippen molar-refractivity contribution in [1.82, 2.24) is 9.55 Å². The first-order valence-corrected chi connectivity index (χ1v) is 7.60. The molecule has 3 aromatic rings. The molecule has 0 spiro atoms. The third-order valence-electron chi connectivity index (χ3n) is 3.32. The van der Waals surface area contributed by atoms with Crippen LogP contribution in [0.1, 0.15) is 16.1 Å². The molecule has 5 heteroatoms. The minimum atomic E-state index is -0.192. The number of aryl methyl sites for hydroxylation is 1. The molecule has 0 radical (unpaired) electrons. The Morgan fingerprint density at radius 3 is 2.68 bits per heavy atom. The third-order valence-corrected chi connectivity index (χ3v) is 4.21. The van der Waals surface area contributed by atoms with Crippen LogP contribution in [-0.2, 0) is 0 Å². The molecule has 4 nitrogen and oxygen atoms in total. The van der Waals surface area contributed by atoms with Gasteiger partial charge in [-0.15, -0.1) is 0 Å². The van der Waals surface area contributed by atoms with Gasteiger partial charge in [0, 0.05) is 15.8 Å². The minimum absolute atomic E-state index is 0.192. The number of hydrogen-bond donors (Lipinski definition) is 1. The zero-order valence-corrected chi connectivity index (χ0v) is 13.5. The molecule has 0 aliphatic heterocycles. The number of anilines is 1. The molecular weight excluding hydrogens is 342 g/mol. The van der Waals surface area contributed by atoms with Gasteiger partial charge >= 0.3 is 0 Å². The van der Waals surface area contributed by atoms with Crippen LogP contribution >= 0.6 is 15.9 Å². The second-order valence-electron chi connectivity index (χ2n) is 4.90. The number of carbonyl (C=O) groups excluding carboxylic acids is 1. The Bertz CT molecular complexity index is 812. The van der Waals surface area contributed by atoms with E-state index in [1.165, 1.54) is 0 Å². The van der Waals surface area contributed by atoms with Gasteiger partial charge in [-0.2, -0.15) is 0 Å². The number of rotatable bonds is 3. The summed E-state index contributed by atoms with van der Waals surface area (Å²) in [4.78, 5) is 16.6. The summed E-state index contributed by atoms with van der Waals surface area (Å²) in [5.41, 5.74) is 3.21. The summed E-state index contributed by atoms with van der Waals surface area (Å²) in [7, 11) is 0. The normalized spacial score (nSPS) is 10.5. The summed E-state index contributed by atoms with van der Waals surface area (Å²) in [6.07, 6.45) is 3.20. The molecule has 0 aliphatic carbocycles. The van der Waals surface area contributed by atoms with E-state index in [1.54, 1.807) is 17.1 Å². The van der Waals surface area contributed by atoms with E-state index in [0.717, 1.165) is 21.4 Å². The van der Waals surface area contributed by atoms with Crippen LogP contribution in [0.4, 0.5) is 5.69 Å². The number of benzene rings is 2. The summed E-state index contributed by atoms with van der Waals surface area (Å²) in [6.45, 7) is 1.98. The molecule has 0 saturated carbocycles. The van der Waals surface area contributed by atoms with Gasteiger partial charge in [0.2, 0.25) is 0 Å². The van der Waals surface area contributed by atoms with Crippen molar-refractivity contribution < 1.29 is 4.79 Å². The molecule has 0 unspecified atom stereocenters. The summed E-state index contributed by atoms with van der Waals surface area (Å²) in [5, 5.41) is 2.90. The SMILES string of the molecule is Cc1cc(NC(=O)c2cncn2-c2ccccc2)ccc1Br. The largest absolute Gasteiger partial charge is 0.321 e. The van der Waals surface area contributed by atoms with E-state index in [1.807, 2.05) is 55.5 Å². The molecule has 0 bridgehead atoms. The molecule has 1 heterocycles. The molecule has 0 aliphatic rings. The molecule has 110 valence electrons. The maximum Gasteiger partial charge on any atom is 0.274 e. The van der Waals surface area contributed by atoms with Crippen molar-refractivity contribution in [2.45, 2.75) is 6.92 Å². The van der Waals surface area contributed by atoms with E-state index in [0.29, 0.717) is 5.69 Å². The number of halogens is 1. The molecule has 0 fully saturated rings. The fourth-order valence-corrected chi connectivity index (χ4v) is 2.42. The highest BCUT2D eigenvalue weighted by Crippen LogP contribution is 2.21. The lowest BCUT2D eigenvalue weighted by atomic mass is 10.2. The first kappa shape index (κ1) is 14.5. The summed E-state index contributed by atoms with van der Waals surface area (Å²) >= 11 is 3.45. The van der Waals surface area contributed by atoms with E-state index in [4.69, 9.17) is 0 Å². The zero-order chi connectivity index (χ0) is 15.5. The Labute approximate surface area is 136 Å². The van der Waals surface area contributed by atoms with Crippen LogP contribution in [0.25, 0.3) is 5.69 Å². The lowest BCUT2D eigenvalue weighted by molar-refractivity contribution is 0.102. The van der Waals surface area contributed by atoms with Gasteiger partial charge in [-0.25, -0.2) is 4.98 Å². The molecule has 2 aromatic carbocycles. The average molecular weight is 356 g/mol. The number of amides is 1. The number of para-hydroxylation sites is 1. The maximum absolute atomic E-state index is 12.5. The number of carbonyl (C=O) groups is 1. The third kappa shape index (κ3) is 2.94. The maximum atomic E-state index is 12.5. The summed E-state index contributed by atoms with van der Waals surface area (Å²) in [5.74, 6) is -0.192. The monoisotopic (exact) mass is 355 g/mol. The van der Waals surface area contributed by atoms with Crippen LogP contribution in [0.3, 0.4) is 0 Å². The van der Waals surface area contributed by atoms with E-state index < -0.39 is 0 Å². The highest BCUT2D eigenvalue weighted by Gasteiger charge is 2.13. The second-order valence-corrected chi connectivity index (χ2v) is 5.76. The minimum Gasteiger partial charge on any atom is -0.321 e. The molecule has 0 atom stereocenters. The average Bonchev–Trinajstić information content (AvgIpc) is 3.01. The van der Waals surface area contributed by atoms with Gasteiger partial charge in [-0.05, 0) is 42.8 Å². The number of nitrogens with zero attached hydrogens (tertiary/aromatic N) is 2. The molecule has 1 N–H and O–H groups in total. The van der Waals surface area contributed by atoms with E-state index >= 15 is 0 Å². The number of imidazole rings is 1. The van der Waals surface area contributed by atoms with Crippen LogP contribution in [0.15, 0.2) is 65.5 Å². The predicted molar refractivity (Wildman–Crippen MR) is 90.4 cm³/mol. The van der Waals surface area contributed by atoms with Crippen LogP contribution in [0.2, 0.25) is 0 Å². The van der Waals surface area contributed by atoms with Gasteiger partial charge in [0.05, 0.1) is 12.5 Å². The molecule has 3 rings (SSSR count). The van der Waals surface area contributed by atoms with Crippen molar-refractivity contribution in [3.8, 4) is 5.69 Å². The molecule has 22 heavy (non-hydrogen) atoms. The van der Waals surface area contributed by atoms with Gasteiger partial charge in [-0.1, -0.05) is 34.1 Å². The molecular formula is C17H14BrN3O. The molecule has 1 amide bonds. The number of aromatic nitrogens is 2. The van der Waals surface area contributed by atoms with Crippen LogP contribution < -0.4 is 5.32 Å². The van der Waals surface area contributed by atoms with Gasteiger partial charge in [0.25, 0.3) is 5.91 Å². The predicted octanol–water partition coefficient (Wildman–Crippen LogP) is 4.20. The van der Waals surface area contributed by atoms with Crippen molar-refractivity contribution in [2.75, 3.05) is 5.32 Å². The first-order valence-electron chi connectivity index (χ1n) is 6.80. The number of nitrogens with one attached hydrogen (secondary N) is 1. The number of hydrogen-bond acceptors (Lipinski definition) is 2. The Morgan fingerprint density at radius 1 is 1.18 bits per heavy atom. The zero-order valence-electron chi connectivity index (χ0n) is 12.0. The topological polar surface area (TPSA) is 46.9 Å². The van der Waals surface area contributed by atoms with Crippen molar-refractivity contribution in [3.63, 3.8) is 0 Å². The highest BCUT2D eigenvalue weighted by atomic mass is 79.9. The Morgan fingerprint density at radius 2 is 1.95 bits per heavy atom. The molecule has 1 aromatic heterocycles. The van der Waals surface area contributed by atoms with E-state index in [-0.39, 0.29) is 5.91 Å². The van der Waals surface area contributed by atoms with Gasteiger partial charge < -0.3 is 5.32 Å². The fraction of sp³-hybridized carbons (Fsp3) is 0.0588. The lowest BCUT2D eigenvalue weighted by Crippen LogP contribution is -2.16. The van der Waals surface area contributed by atoms with Crippen LogP contribution in [0, 0.1) is 6.92 Å². The van der Waals surface area contributed by atoms with Crippen LogP contribution in [-0.4, -0.2) is 15.5 Å². The Kier molecular flexibility index (Phi) is 4.06. The molecule has 0 saturated heterocycles. The van der Waals surface area contributed by atoms with Crippen molar-refractivity contribution in [1.29, 1.82) is 0 Å². The summed E-state index contributed by atoms with van der Waals surface area (Å²) < 4.78 is 2.78. The standard InChI is InChI=1S/C17H14BrN3O/c1-12-9-13(7-8-15(12)18)20-17(22)16-10-19-11-21(16)14-5-3-2-4-6-14/h2-11H,1H3,(H,20,22). The smallest absolute Gasteiger partial charge is 0.274 e.